The first-order valence-electron chi connectivity index (χ1n) is 26.6. The third kappa shape index (κ3) is 18.2. The topological polar surface area (TPSA) is 591 Å². The van der Waals surface area contributed by atoms with Crippen molar-refractivity contribution in [2.45, 2.75) is 205 Å². The number of methoxy groups -OCH3 is 1. The van der Waals surface area contributed by atoms with Crippen LogP contribution in [0.4, 0.5) is 0 Å². The largest absolute Gasteiger partial charge is 1.00 e. The van der Waals surface area contributed by atoms with Crippen molar-refractivity contribution < 1.29 is 261 Å². The second kappa shape index (κ2) is 35.1. The molecule has 492 valence electrons. The summed E-state index contributed by atoms with van der Waals surface area (Å²) in [5, 5.41) is 188. The molecular weight excluding hydrogens is 1260 g/mol. The van der Waals surface area contributed by atoms with Crippen LogP contribution in [-0.2, 0) is 80.9 Å². The van der Waals surface area contributed by atoms with Gasteiger partial charge in [0, 0.05) is 20.8 Å². The van der Waals surface area contributed by atoms with E-state index in [-0.39, 0.29) is 94.4 Å². The third-order valence-corrected chi connectivity index (χ3v) is 14.8. The summed E-state index contributed by atoms with van der Waals surface area (Å²) in [5.41, 5.74) is 0. The summed E-state index contributed by atoms with van der Waals surface area (Å²) < 4.78 is 72.7. The summed E-state index contributed by atoms with van der Waals surface area (Å²) in [6.07, 6.45) is -60.1. The number of rotatable bonds is 22. The quantitative estimate of drug-likeness (QED) is 0.0479. The number of amides is 3. The number of ether oxygens (including phenoxy) is 13. The number of hydrogen-bond donors (Lipinski definition) is 16. The Balaban J connectivity index is 0.00000577. The molecule has 0 saturated carbocycles. The zero-order valence-corrected chi connectivity index (χ0v) is 55.0. The van der Waals surface area contributed by atoms with Crippen molar-refractivity contribution in [2.24, 2.45) is 0 Å². The zero-order valence-electron chi connectivity index (χ0n) is 49.0. The van der Waals surface area contributed by atoms with E-state index in [0.29, 0.717) is 5.75 Å². The van der Waals surface area contributed by atoms with Gasteiger partial charge in [0.1, 0.15) is 158 Å². The van der Waals surface area contributed by atoms with Crippen molar-refractivity contribution in [3.63, 3.8) is 0 Å². The van der Waals surface area contributed by atoms with Crippen LogP contribution in [-0.4, -0.2) is 313 Å². The van der Waals surface area contributed by atoms with Gasteiger partial charge in [-0.2, -0.15) is 0 Å². The summed E-state index contributed by atoms with van der Waals surface area (Å²) in [7, 11) is 1.38. The second-order valence-corrected chi connectivity index (χ2v) is 20.8. The van der Waals surface area contributed by atoms with E-state index in [4.69, 9.17) is 61.6 Å². The zero-order chi connectivity index (χ0) is 64.2. The molecule has 1 aromatic rings. The predicted molar refractivity (Wildman–Crippen MR) is 259 cm³/mol. The van der Waals surface area contributed by atoms with Crippen LogP contribution in [0.1, 0.15) is 20.8 Å². The Morgan fingerprint density at radius 3 is 1.00 bits per heavy atom. The van der Waals surface area contributed by atoms with E-state index in [1.165, 1.54) is 31.4 Å². The van der Waals surface area contributed by atoms with Crippen molar-refractivity contribution in [1.29, 1.82) is 0 Å². The van der Waals surface area contributed by atoms with Gasteiger partial charge in [0.25, 0.3) is 0 Å². The van der Waals surface area contributed by atoms with Crippen molar-refractivity contribution in [3.05, 3.63) is 24.3 Å². The fraction of sp³-hybridized carbons (Fsp3) is 0.755. The number of carbonyl (C=O) groups excluding carboxylic acids is 6. The van der Waals surface area contributed by atoms with E-state index >= 15 is 0 Å². The van der Waals surface area contributed by atoms with Crippen LogP contribution in [0.5, 0.6) is 11.5 Å². The molecule has 6 heterocycles. The summed E-state index contributed by atoms with van der Waals surface area (Å²) in [6.45, 7) is -0.537. The van der Waals surface area contributed by atoms with Crippen molar-refractivity contribution in [2.75, 3.05) is 26.9 Å². The Morgan fingerprint density at radius 2 is 0.678 bits per heavy atom. The van der Waals surface area contributed by atoms with Gasteiger partial charge in [0.05, 0.1) is 44.8 Å². The standard InChI is InChI=1S/C49H71N3O35.3Na/c1-12(56)50-20-26(62)23(59)17(9-53)77-44(20)82-35-28(64)31(67)48(86-39(35)42(71)72)80-34-22(52-14(3)58)46(79-19(11-55)25(34)61)84-37-29(65)32(68)49(87-40(37)43(73)74)81-33-21(51-13(2)57)45(78-18(10-54)24(33)60)83-36-27(63)30(66)47(85-38(36)41(69)70)76-16-7-5-15(75-4)6-8-16;;;/h5-8,17-40,44-49,53-55,59-68H,9-11H2,1-4H3,(H,50,56)(H,51,57)(H,52,58)(H,69,70)(H,71,72)(H,73,74);;;/q;3*+1/p-3/t17-,18-,19-,20-,21-,22-,23+,24+,25+,26-,27+,28+,29-,30-,31-,32-,33-,34-,35+,36+,37+,38+,39+,40+,44+,45+,46+,47-,48-,49-;;;/m1.../s1. The van der Waals surface area contributed by atoms with Gasteiger partial charge in [-0.25, -0.2) is 0 Å². The van der Waals surface area contributed by atoms with E-state index in [9.17, 15) is 110 Å². The first kappa shape index (κ1) is 80.1. The Hall–Kier alpha value is -2.32. The number of carbonyl (C=O) groups is 6. The smallest absolute Gasteiger partial charge is 0.547 e. The van der Waals surface area contributed by atoms with Crippen molar-refractivity contribution in [3.8, 4) is 11.5 Å². The molecule has 6 aliphatic rings. The van der Waals surface area contributed by atoms with Crippen LogP contribution in [0.2, 0.25) is 0 Å². The molecule has 7 rings (SSSR count). The number of benzene rings is 1. The molecule has 3 amide bonds. The first-order chi connectivity index (χ1) is 41.0. The van der Waals surface area contributed by atoms with Crippen LogP contribution < -0.4 is 129 Å². The summed E-state index contributed by atoms with van der Waals surface area (Å²) in [6, 6.07) is -0.162. The molecule has 16 N–H and O–H groups in total. The van der Waals surface area contributed by atoms with Gasteiger partial charge in [-0.15, -0.1) is 0 Å². The predicted octanol–water partition coefficient (Wildman–Crippen LogP) is -24.3. The molecule has 0 bridgehead atoms. The summed E-state index contributed by atoms with van der Waals surface area (Å²) in [5.74, 6) is -8.99. The van der Waals surface area contributed by atoms with Crippen LogP contribution in [0.25, 0.3) is 0 Å². The van der Waals surface area contributed by atoms with E-state index < -0.39 is 239 Å². The third-order valence-electron chi connectivity index (χ3n) is 14.8. The second-order valence-electron chi connectivity index (χ2n) is 20.8. The fourth-order valence-electron chi connectivity index (χ4n) is 10.5. The van der Waals surface area contributed by atoms with Gasteiger partial charge in [-0.1, -0.05) is 0 Å². The average molecular weight is 1330 g/mol. The number of aliphatic hydroxyl groups is 13. The van der Waals surface area contributed by atoms with E-state index in [0.717, 1.165) is 20.8 Å². The molecule has 38 nitrogen and oxygen atoms in total. The average Bonchev–Trinajstić information content (AvgIpc) is 0.897. The van der Waals surface area contributed by atoms with Gasteiger partial charge >= 0.3 is 88.7 Å². The number of carboxylic acids is 3. The minimum atomic E-state index is -2.66. The van der Waals surface area contributed by atoms with Gasteiger partial charge in [-0.3, -0.25) is 14.4 Å². The molecule has 90 heavy (non-hydrogen) atoms. The summed E-state index contributed by atoms with van der Waals surface area (Å²) >= 11 is 0. The van der Waals surface area contributed by atoms with E-state index in [1.54, 1.807) is 0 Å². The van der Waals surface area contributed by atoms with Crippen LogP contribution in [0, 0.1) is 0 Å². The summed E-state index contributed by atoms with van der Waals surface area (Å²) in [4.78, 5) is 75.7. The van der Waals surface area contributed by atoms with Crippen molar-refractivity contribution in [1.82, 2.24) is 16.0 Å². The van der Waals surface area contributed by atoms with Gasteiger partial charge in [0.15, 0.2) is 31.5 Å². The Labute approximate surface area is 575 Å². The molecular formula is C49H68N3Na3O35. The number of aliphatic hydroxyl groups excluding tert-OH is 13. The maximum absolute atomic E-state index is 13.0. The molecule has 1 aromatic carbocycles. The first-order valence-corrected chi connectivity index (χ1v) is 26.6. The fourth-order valence-corrected chi connectivity index (χ4v) is 10.5. The van der Waals surface area contributed by atoms with Crippen LogP contribution in [0.15, 0.2) is 24.3 Å². The minimum Gasteiger partial charge on any atom is -0.547 e. The number of aliphatic carboxylic acids is 3. The SMILES string of the molecule is COc1ccc(O[C@@H]2O[C@H](C(=O)[O-])[C@@H](O[C@@H]3O[C@H](CO)[C@H](O)[C@H](O[C@@H]4O[C@H](C(=O)[O-])[C@@H](O[C@@H]5O[C@H](CO)[C@H](O)[C@H](O[C@@H]6O[C@H](C(=O)[O-])[C@@H](O[C@@H]7O[C@H](CO)[C@H](O)[C@H](O)[C@H]7NC(C)=O)[C@@H](O)[C@H]6O)[C@H]5NC(C)=O)[C@H](O)[C@H]4O)[C@H]3NC(C)=O)[C@@H](O)[C@H]2O)cc1.[Na+].[Na+].[Na+]. The van der Waals surface area contributed by atoms with Crippen LogP contribution >= 0.6 is 0 Å². The molecule has 6 saturated heterocycles. The van der Waals surface area contributed by atoms with Crippen LogP contribution in [0.3, 0.4) is 0 Å². The Kier molecular flexibility index (Phi) is 31.2. The monoisotopic (exact) mass is 1330 g/mol. The number of hydrogen-bond acceptors (Lipinski definition) is 35. The Morgan fingerprint density at radius 1 is 0.389 bits per heavy atom. The maximum Gasteiger partial charge on any atom is 1.00 e. The maximum atomic E-state index is 13.0. The molecule has 0 spiro atoms. The molecule has 30 atom stereocenters. The molecule has 0 aliphatic carbocycles. The molecule has 6 fully saturated rings. The molecule has 41 heteroatoms. The number of nitrogens with one attached hydrogen (secondary N) is 3. The Bertz CT molecular complexity index is 2520. The molecule has 6 aliphatic heterocycles. The van der Waals surface area contributed by atoms with E-state index in [1.807, 2.05) is 0 Å². The van der Waals surface area contributed by atoms with Crippen molar-refractivity contribution >= 4 is 35.6 Å². The molecule has 0 aromatic heterocycles. The number of carboxylic acid groups (broad SMARTS) is 3. The minimum absolute atomic E-state index is 0. The normalized spacial score (nSPS) is 41.8. The van der Waals surface area contributed by atoms with E-state index in [2.05, 4.69) is 16.0 Å². The van der Waals surface area contributed by atoms with Gasteiger partial charge in [0.2, 0.25) is 24.0 Å². The molecule has 0 unspecified atom stereocenters. The van der Waals surface area contributed by atoms with Gasteiger partial charge < -0.3 is 174 Å². The van der Waals surface area contributed by atoms with Gasteiger partial charge in [-0.05, 0) is 24.3 Å². The molecule has 0 radical (unpaired) electrons.